The summed E-state index contributed by atoms with van der Waals surface area (Å²) >= 11 is 0. The molecule has 0 atom stereocenters. The number of sulfone groups is 1. The highest BCUT2D eigenvalue weighted by Crippen LogP contribution is 2.16. The van der Waals surface area contributed by atoms with Crippen LogP contribution in [-0.2, 0) is 22.9 Å². The average Bonchev–Trinajstić information content (AvgIpc) is 2.61. The van der Waals surface area contributed by atoms with Crippen LogP contribution in [-0.4, -0.2) is 41.8 Å². The van der Waals surface area contributed by atoms with Gasteiger partial charge in [-0.25, -0.2) is 8.42 Å². The fourth-order valence-corrected chi connectivity index (χ4v) is 3.70. The Bertz CT molecular complexity index is 910. The largest absolute Gasteiger partial charge is 0.378 e. The monoisotopic (exact) mass is 516 g/mol. The van der Waals surface area contributed by atoms with Gasteiger partial charge in [0.15, 0.2) is 15.8 Å². The van der Waals surface area contributed by atoms with Gasteiger partial charge in [-0.3, -0.25) is 4.99 Å². The van der Waals surface area contributed by atoms with Gasteiger partial charge in [0.05, 0.1) is 4.90 Å². The Morgan fingerprint density at radius 2 is 1.54 bits per heavy atom. The van der Waals surface area contributed by atoms with Crippen LogP contribution in [0.15, 0.2) is 52.4 Å². The summed E-state index contributed by atoms with van der Waals surface area (Å²) < 4.78 is 23.4. The molecule has 2 rings (SSSR count). The van der Waals surface area contributed by atoms with Gasteiger partial charge in [0.1, 0.15) is 0 Å². The van der Waals surface area contributed by atoms with Crippen molar-refractivity contribution in [1.82, 2.24) is 10.6 Å². The third kappa shape index (κ3) is 6.97. The van der Waals surface area contributed by atoms with Crippen LogP contribution in [0, 0.1) is 6.92 Å². The fourth-order valence-electron chi connectivity index (χ4n) is 2.74. The number of rotatable bonds is 6. The Morgan fingerprint density at radius 3 is 2.00 bits per heavy atom. The lowest BCUT2D eigenvalue weighted by atomic mass is 10.1. The number of aryl methyl sites for hydroxylation is 1. The summed E-state index contributed by atoms with van der Waals surface area (Å²) in [4.78, 5) is 6.67. The van der Waals surface area contributed by atoms with Gasteiger partial charge >= 0.3 is 0 Å². The van der Waals surface area contributed by atoms with Crippen molar-refractivity contribution >= 4 is 45.5 Å². The number of aliphatic imine (C=N–C) groups is 1. The van der Waals surface area contributed by atoms with Gasteiger partial charge < -0.3 is 15.5 Å². The molecule has 0 fully saturated rings. The molecule has 2 aromatic carbocycles. The molecule has 0 aromatic heterocycles. The summed E-state index contributed by atoms with van der Waals surface area (Å²) in [7, 11) is 2.57. The molecule has 0 aliphatic heterocycles. The number of guanidine groups is 1. The van der Waals surface area contributed by atoms with Gasteiger partial charge in [-0.1, -0.05) is 24.3 Å². The van der Waals surface area contributed by atoms with Gasteiger partial charge in [-0.05, 0) is 41.8 Å². The lowest BCUT2D eigenvalue weighted by molar-refractivity contribution is 0.601. The molecule has 0 saturated carbocycles. The lowest BCUT2D eigenvalue weighted by Crippen LogP contribution is -2.36. The van der Waals surface area contributed by atoms with Crippen LogP contribution in [0.5, 0.6) is 0 Å². The van der Waals surface area contributed by atoms with Crippen molar-refractivity contribution in [2.24, 2.45) is 4.99 Å². The third-order valence-corrected chi connectivity index (χ3v) is 5.49. The number of benzene rings is 2. The van der Waals surface area contributed by atoms with Crippen LogP contribution in [0.2, 0.25) is 0 Å². The van der Waals surface area contributed by atoms with E-state index in [0.717, 1.165) is 22.4 Å². The molecule has 0 spiro atoms. The second-order valence-corrected chi connectivity index (χ2v) is 8.70. The molecule has 2 aromatic rings. The number of hydrogen-bond donors (Lipinski definition) is 2. The van der Waals surface area contributed by atoms with Crippen molar-refractivity contribution in [3.05, 3.63) is 59.2 Å². The summed E-state index contributed by atoms with van der Waals surface area (Å²) in [5, 5.41) is 6.54. The molecular weight excluding hydrogens is 487 g/mol. The maximum Gasteiger partial charge on any atom is 0.191 e. The normalized spacial score (nSPS) is 11.5. The molecule has 0 aliphatic rings. The summed E-state index contributed by atoms with van der Waals surface area (Å²) in [5.74, 6) is 0.691. The maximum atomic E-state index is 11.7. The lowest BCUT2D eigenvalue weighted by Gasteiger charge is -2.15. The number of nitrogens with one attached hydrogen (secondary N) is 2. The van der Waals surface area contributed by atoms with E-state index in [0.29, 0.717) is 23.9 Å². The Morgan fingerprint density at radius 1 is 1.00 bits per heavy atom. The predicted molar refractivity (Wildman–Crippen MR) is 128 cm³/mol. The maximum absolute atomic E-state index is 11.7. The second kappa shape index (κ2) is 10.7. The highest BCUT2D eigenvalue weighted by molar-refractivity contribution is 14.0. The minimum Gasteiger partial charge on any atom is -0.378 e. The minimum atomic E-state index is -3.19. The van der Waals surface area contributed by atoms with Gasteiger partial charge in [0.25, 0.3) is 0 Å². The first kappa shape index (κ1) is 24.2. The van der Waals surface area contributed by atoms with Crippen LogP contribution in [0.1, 0.15) is 16.7 Å². The fraction of sp³-hybridized carbons (Fsp3) is 0.350. The van der Waals surface area contributed by atoms with E-state index in [4.69, 9.17) is 0 Å². The van der Waals surface area contributed by atoms with Crippen molar-refractivity contribution in [3.63, 3.8) is 0 Å². The zero-order valence-corrected chi connectivity index (χ0v) is 20.1. The first-order chi connectivity index (χ1) is 12.7. The molecule has 0 aliphatic carbocycles. The van der Waals surface area contributed by atoms with E-state index >= 15 is 0 Å². The second-order valence-electron chi connectivity index (χ2n) is 6.71. The average molecular weight is 516 g/mol. The number of anilines is 1. The smallest absolute Gasteiger partial charge is 0.191 e. The van der Waals surface area contributed by atoms with E-state index < -0.39 is 9.84 Å². The first-order valence-corrected chi connectivity index (χ1v) is 10.6. The molecule has 0 unspecified atom stereocenters. The number of nitrogens with zero attached hydrogens (tertiary/aromatic N) is 2. The van der Waals surface area contributed by atoms with Crippen LogP contribution < -0.4 is 15.5 Å². The topological polar surface area (TPSA) is 73.8 Å². The quantitative estimate of drug-likeness (QED) is 0.351. The molecular formula is C20H29IN4O2S. The van der Waals surface area contributed by atoms with Crippen molar-refractivity contribution < 1.29 is 8.42 Å². The number of halogens is 1. The predicted octanol–water partition coefficient (Wildman–Crippen LogP) is 2.95. The summed E-state index contributed by atoms with van der Waals surface area (Å²) in [6, 6.07) is 13.7. The van der Waals surface area contributed by atoms with Gasteiger partial charge in [-0.15, -0.1) is 24.0 Å². The zero-order chi connectivity index (χ0) is 20.0. The molecule has 28 heavy (non-hydrogen) atoms. The molecule has 0 radical (unpaired) electrons. The third-order valence-electron chi connectivity index (χ3n) is 4.24. The minimum absolute atomic E-state index is 0. The summed E-state index contributed by atoms with van der Waals surface area (Å²) in [6.45, 7) is 3.04. The molecule has 0 heterocycles. The molecule has 2 N–H and O–H groups in total. The SMILES string of the molecule is CN=C(NCc1ccc(N(C)C)cc1)NCc1ccc(S(C)(=O)=O)c(C)c1.I. The Kier molecular flexibility index (Phi) is 9.22. The molecule has 0 saturated heterocycles. The van der Waals surface area contributed by atoms with Crippen molar-refractivity contribution in [2.75, 3.05) is 32.3 Å². The van der Waals surface area contributed by atoms with Gasteiger partial charge in [-0.2, -0.15) is 0 Å². The molecule has 0 amide bonds. The summed E-state index contributed by atoms with van der Waals surface area (Å²) in [5.41, 5.74) is 4.07. The molecule has 6 nitrogen and oxygen atoms in total. The highest BCUT2D eigenvalue weighted by atomic mass is 127. The summed E-state index contributed by atoms with van der Waals surface area (Å²) in [6.07, 6.45) is 1.23. The molecule has 0 bridgehead atoms. The molecule has 8 heteroatoms. The Labute approximate surface area is 185 Å². The van der Waals surface area contributed by atoms with Crippen LogP contribution in [0.25, 0.3) is 0 Å². The van der Waals surface area contributed by atoms with E-state index in [1.54, 1.807) is 13.1 Å². The van der Waals surface area contributed by atoms with E-state index in [-0.39, 0.29) is 24.0 Å². The molecule has 154 valence electrons. The van der Waals surface area contributed by atoms with E-state index in [1.807, 2.05) is 33.2 Å². The van der Waals surface area contributed by atoms with Crippen molar-refractivity contribution in [1.29, 1.82) is 0 Å². The van der Waals surface area contributed by atoms with Crippen molar-refractivity contribution in [2.45, 2.75) is 24.9 Å². The van der Waals surface area contributed by atoms with Crippen LogP contribution in [0.4, 0.5) is 5.69 Å². The van der Waals surface area contributed by atoms with Crippen LogP contribution in [0.3, 0.4) is 0 Å². The van der Waals surface area contributed by atoms with Crippen LogP contribution >= 0.6 is 24.0 Å². The van der Waals surface area contributed by atoms with Gasteiger partial charge in [0, 0.05) is 46.2 Å². The van der Waals surface area contributed by atoms with E-state index in [2.05, 4.69) is 44.8 Å². The standard InChI is InChI=1S/C20H28N4O2S.HI/c1-15-12-17(8-11-19(15)27(5,25)26)14-23-20(21-2)22-13-16-6-9-18(10-7-16)24(3)4;/h6-12H,13-14H2,1-5H3,(H2,21,22,23);1H. The Hall–Kier alpha value is -1.81. The van der Waals surface area contributed by atoms with E-state index in [1.165, 1.54) is 6.26 Å². The van der Waals surface area contributed by atoms with Crippen molar-refractivity contribution in [3.8, 4) is 0 Å². The first-order valence-electron chi connectivity index (χ1n) is 8.71. The van der Waals surface area contributed by atoms with Gasteiger partial charge in [0.2, 0.25) is 0 Å². The highest BCUT2D eigenvalue weighted by Gasteiger charge is 2.11. The number of hydrogen-bond acceptors (Lipinski definition) is 4. The Balaban J connectivity index is 0.00000392. The van der Waals surface area contributed by atoms with E-state index in [9.17, 15) is 8.42 Å². The zero-order valence-electron chi connectivity index (χ0n) is 17.0.